The number of ether oxygens (including phenoxy) is 2. The predicted octanol–water partition coefficient (Wildman–Crippen LogP) is 1.57. The number of aromatic nitrogens is 1. The van der Waals surface area contributed by atoms with E-state index in [0.717, 1.165) is 5.56 Å². The van der Waals surface area contributed by atoms with Crippen molar-refractivity contribution in [1.82, 2.24) is 4.98 Å². The van der Waals surface area contributed by atoms with E-state index in [9.17, 15) is 4.79 Å². The standard InChI is InChI=1S/C13H14N2O3/c1-10(9-17-2)18-13(16)12(8-14)7-11-3-5-15-6-4-11/h3-7,10H,9H2,1-2H3/b12-7+/t10-/m1/s1. The smallest absolute Gasteiger partial charge is 0.349 e. The number of hydrogen-bond acceptors (Lipinski definition) is 5. The van der Waals surface area contributed by atoms with Gasteiger partial charge in [0, 0.05) is 19.5 Å². The summed E-state index contributed by atoms with van der Waals surface area (Å²) in [6, 6.07) is 5.22. The molecule has 1 aromatic heterocycles. The molecule has 1 atom stereocenters. The maximum atomic E-state index is 11.7. The number of pyridine rings is 1. The molecule has 0 aromatic carbocycles. The Hall–Kier alpha value is -2.19. The average molecular weight is 246 g/mol. The molecular formula is C13H14N2O3. The quantitative estimate of drug-likeness (QED) is 0.448. The summed E-state index contributed by atoms with van der Waals surface area (Å²) in [5.41, 5.74) is 0.669. The van der Waals surface area contributed by atoms with E-state index in [-0.39, 0.29) is 5.57 Å². The lowest BCUT2D eigenvalue weighted by molar-refractivity contribution is -0.145. The fourth-order valence-corrected chi connectivity index (χ4v) is 1.28. The monoisotopic (exact) mass is 246 g/mol. The lowest BCUT2D eigenvalue weighted by atomic mass is 10.2. The van der Waals surface area contributed by atoms with Gasteiger partial charge < -0.3 is 9.47 Å². The summed E-state index contributed by atoms with van der Waals surface area (Å²) < 4.78 is 9.89. The molecule has 0 saturated heterocycles. The molecule has 1 rings (SSSR count). The highest BCUT2D eigenvalue weighted by molar-refractivity contribution is 5.97. The topological polar surface area (TPSA) is 72.2 Å². The van der Waals surface area contributed by atoms with E-state index in [2.05, 4.69) is 4.98 Å². The number of rotatable bonds is 5. The molecule has 0 aliphatic rings. The molecule has 0 spiro atoms. The molecule has 0 aliphatic carbocycles. The summed E-state index contributed by atoms with van der Waals surface area (Å²) in [4.78, 5) is 15.5. The highest BCUT2D eigenvalue weighted by Crippen LogP contribution is 2.08. The molecule has 94 valence electrons. The van der Waals surface area contributed by atoms with Gasteiger partial charge in [0.1, 0.15) is 17.7 Å². The van der Waals surface area contributed by atoms with Crippen LogP contribution in [0, 0.1) is 11.3 Å². The Bertz CT molecular complexity index is 463. The largest absolute Gasteiger partial charge is 0.456 e. The summed E-state index contributed by atoms with van der Waals surface area (Å²) in [5.74, 6) is -0.654. The van der Waals surface area contributed by atoms with Gasteiger partial charge in [0.25, 0.3) is 0 Å². The van der Waals surface area contributed by atoms with Crippen molar-refractivity contribution in [3.05, 3.63) is 35.7 Å². The molecule has 5 nitrogen and oxygen atoms in total. The minimum Gasteiger partial charge on any atom is -0.456 e. The van der Waals surface area contributed by atoms with Crippen LogP contribution in [0.3, 0.4) is 0 Å². The highest BCUT2D eigenvalue weighted by atomic mass is 16.6. The Balaban J connectivity index is 2.76. The fourth-order valence-electron chi connectivity index (χ4n) is 1.28. The lowest BCUT2D eigenvalue weighted by Gasteiger charge is -2.11. The second kappa shape index (κ2) is 7.20. The molecule has 0 amide bonds. The van der Waals surface area contributed by atoms with Crippen LogP contribution in [0.1, 0.15) is 12.5 Å². The van der Waals surface area contributed by atoms with E-state index in [1.807, 2.05) is 6.07 Å². The van der Waals surface area contributed by atoms with Crippen LogP contribution in [0.5, 0.6) is 0 Å². The SMILES string of the molecule is COC[C@@H](C)OC(=O)/C(C#N)=C/c1ccncc1. The Morgan fingerprint density at radius 1 is 1.56 bits per heavy atom. The van der Waals surface area contributed by atoms with Crippen molar-refractivity contribution in [2.24, 2.45) is 0 Å². The van der Waals surface area contributed by atoms with Gasteiger partial charge in [0.2, 0.25) is 0 Å². The molecule has 0 aliphatic heterocycles. The van der Waals surface area contributed by atoms with E-state index in [1.165, 1.54) is 13.2 Å². The maximum absolute atomic E-state index is 11.7. The second-order valence-corrected chi connectivity index (χ2v) is 3.62. The van der Waals surface area contributed by atoms with E-state index in [4.69, 9.17) is 14.7 Å². The number of methoxy groups -OCH3 is 1. The molecule has 0 bridgehead atoms. The van der Waals surface area contributed by atoms with Gasteiger partial charge in [-0.25, -0.2) is 4.79 Å². The van der Waals surface area contributed by atoms with E-state index >= 15 is 0 Å². The number of carbonyl (C=O) groups excluding carboxylic acids is 1. The van der Waals surface area contributed by atoms with Gasteiger partial charge in [0.15, 0.2) is 0 Å². The zero-order valence-electron chi connectivity index (χ0n) is 10.3. The van der Waals surface area contributed by atoms with Crippen LogP contribution in [0.2, 0.25) is 0 Å². The Labute approximate surface area is 106 Å². The summed E-state index contributed by atoms with van der Waals surface area (Å²) >= 11 is 0. The summed E-state index contributed by atoms with van der Waals surface area (Å²) in [6.07, 6.45) is 4.24. The molecule has 1 aromatic rings. The molecular weight excluding hydrogens is 232 g/mol. The van der Waals surface area contributed by atoms with Crippen LogP contribution in [-0.2, 0) is 14.3 Å². The third-order valence-electron chi connectivity index (χ3n) is 2.07. The molecule has 18 heavy (non-hydrogen) atoms. The Kier molecular flexibility index (Phi) is 5.55. The summed E-state index contributed by atoms with van der Waals surface area (Å²) in [6.45, 7) is 1.99. The fraction of sp³-hybridized carbons (Fsp3) is 0.308. The van der Waals surface area contributed by atoms with Crippen molar-refractivity contribution in [3.63, 3.8) is 0 Å². The van der Waals surface area contributed by atoms with Gasteiger partial charge in [-0.15, -0.1) is 0 Å². The minimum absolute atomic E-state index is 0.0517. The van der Waals surface area contributed by atoms with Crippen molar-refractivity contribution < 1.29 is 14.3 Å². The minimum atomic E-state index is -0.654. The zero-order valence-corrected chi connectivity index (χ0v) is 10.3. The molecule has 0 N–H and O–H groups in total. The van der Waals surface area contributed by atoms with Gasteiger partial charge in [-0.2, -0.15) is 5.26 Å². The highest BCUT2D eigenvalue weighted by Gasteiger charge is 2.14. The van der Waals surface area contributed by atoms with E-state index < -0.39 is 12.1 Å². The number of esters is 1. The maximum Gasteiger partial charge on any atom is 0.349 e. The van der Waals surface area contributed by atoms with Gasteiger partial charge in [-0.1, -0.05) is 0 Å². The third-order valence-corrected chi connectivity index (χ3v) is 2.07. The number of carbonyl (C=O) groups is 1. The van der Waals surface area contributed by atoms with Crippen LogP contribution in [0.25, 0.3) is 6.08 Å². The first-order valence-corrected chi connectivity index (χ1v) is 5.39. The third kappa shape index (κ3) is 4.36. The number of nitriles is 1. The molecule has 0 saturated carbocycles. The van der Waals surface area contributed by atoms with Crippen molar-refractivity contribution in [2.75, 3.05) is 13.7 Å². The lowest BCUT2D eigenvalue weighted by Crippen LogP contribution is -2.20. The number of hydrogen-bond donors (Lipinski definition) is 0. The van der Waals surface area contributed by atoms with Gasteiger partial charge in [0.05, 0.1) is 6.61 Å². The zero-order chi connectivity index (χ0) is 13.4. The van der Waals surface area contributed by atoms with Crippen LogP contribution in [-0.4, -0.2) is 30.8 Å². The Morgan fingerprint density at radius 2 is 2.22 bits per heavy atom. The van der Waals surface area contributed by atoms with Crippen LogP contribution < -0.4 is 0 Å². The van der Waals surface area contributed by atoms with Crippen LogP contribution in [0.15, 0.2) is 30.1 Å². The summed E-state index contributed by atoms with van der Waals surface area (Å²) in [7, 11) is 1.52. The van der Waals surface area contributed by atoms with Crippen molar-refractivity contribution in [2.45, 2.75) is 13.0 Å². The summed E-state index contributed by atoms with van der Waals surface area (Å²) in [5, 5.41) is 8.93. The molecule has 0 radical (unpaired) electrons. The van der Waals surface area contributed by atoms with Crippen molar-refractivity contribution in [1.29, 1.82) is 5.26 Å². The second-order valence-electron chi connectivity index (χ2n) is 3.62. The average Bonchev–Trinajstić information content (AvgIpc) is 2.37. The van der Waals surface area contributed by atoms with Crippen LogP contribution >= 0.6 is 0 Å². The van der Waals surface area contributed by atoms with Gasteiger partial charge in [-0.3, -0.25) is 4.98 Å². The van der Waals surface area contributed by atoms with E-state index in [0.29, 0.717) is 6.61 Å². The Morgan fingerprint density at radius 3 is 2.78 bits per heavy atom. The van der Waals surface area contributed by atoms with Crippen molar-refractivity contribution in [3.8, 4) is 6.07 Å². The molecule has 5 heteroatoms. The first kappa shape index (κ1) is 13.9. The van der Waals surface area contributed by atoms with Crippen molar-refractivity contribution >= 4 is 12.0 Å². The van der Waals surface area contributed by atoms with Crippen LogP contribution in [0.4, 0.5) is 0 Å². The van der Waals surface area contributed by atoms with Gasteiger partial charge >= 0.3 is 5.97 Å². The number of nitrogens with zero attached hydrogens (tertiary/aromatic N) is 2. The first-order chi connectivity index (χ1) is 8.67. The van der Waals surface area contributed by atoms with Gasteiger partial charge in [-0.05, 0) is 30.7 Å². The van der Waals surface area contributed by atoms with E-state index in [1.54, 1.807) is 31.5 Å². The molecule has 0 unspecified atom stereocenters. The molecule has 1 heterocycles. The normalized spacial score (nSPS) is 12.6. The first-order valence-electron chi connectivity index (χ1n) is 5.39. The predicted molar refractivity (Wildman–Crippen MR) is 65.3 cm³/mol. The molecule has 0 fully saturated rings.